The van der Waals surface area contributed by atoms with E-state index in [0.717, 1.165) is 32.2 Å². The molecular weight excluding hydrogens is 192 g/mol. The number of fused-ring (bicyclic) bond motifs is 2. The zero-order chi connectivity index (χ0) is 11.0. The molecule has 2 aliphatic rings. The number of carbonyl (C=O) groups excluding carboxylic acids is 1. The molecule has 4 heteroatoms. The van der Waals surface area contributed by atoms with Gasteiger partial charge in [0.1, 0.15) is 0 Å². The summed E-state index contributed by atoms with van der Waals surface area (Å²) in [5.74, 6) is 0. The van der Waals surface area contributed by atoms with Gasteiger partial charge in [0.15, 0.2) is 0 Å². The van der Waals surface area contributed by atoms with Crippen molar-refractivity contribution < 1.29 is 9.90 Å². The van der Waals surface area contributed by atoms with Crippen LogP contribution >= 0.6 is 0 Å². The number of aliphatic hydroxyl groups is 1. The van der Waals surface area contributed by atoms with E-state index < -0.39 is 0 Å². The SMILES string of the molecule is CCN(C)C(=O)N1C2CCC1CC(O)C2. The molecule has 4 nitrogen and oxygen atoms in total. The van der Waals surface area contributed by atoms with Gasteiger partial charge in [-0.25, -0.2) is 4.79 Å². The van der Waals surface area contributed by atoms with E-state index in [0.29, 0.717) is 0 Å². The molecule has 15 heavy (non-hydrogen) atoms. The molecule has 0 saturated carbocycles. The number of rotatable bonds is 1. The van der Waals surface area contributed by atoms with Crippen molar-refractivity contribution in [3.63, 3.8) is 0 Å². The monoisotopic (exact) mass is 212 g/mol. The zero-order valence-corrected chi connectivity index (χ0v) is 9.52. The van der Waals surface area contributed by atoms with E-state index >= 15 is 0 Å². The quantitative estimate of drug-likeness (QED) is 0.706. The lowest BCUT2D eigenvalue weighted by molar-refractivity contribution is 0.0455. The minimum Gasteiger partial charge on any atom is -0.393 e. The fourth-order valence-corrected chi connectivity index (χ4v) is 2.79. The summed E-state index contributed by atoms with van der Waals surface area (Å²) in [5, 5.41) is 9.63. The lowest BCUT2D eigenvalue weighted by Gasteiger charge is -2.39. The van der Waals surface area contributed by atoms with Crippen molar-refractivity contribution in [3.05, 3.63) is 0 Å². The second-order valence-corrected chi connectivity index (χ2v) is 4.71. The maximum atomic E-state index is 12.1. The Hall–Kier alpha value is -0.770. The van der Waals surface area contributed by atoms with Gasteiger partial charge < -0.3 is 14.9 Å². The van der Waals surface area contributed by atoms with Crippen LogP contribution < -0.4 is 0 Å². The van der Waals surface area contributed by atoms with Crippen molar-refractivity contribution >= 4 is 6.03 Å². The lowest BCUT2D eigenvalue weighted by Crippen LogP contribution is -2.52. The number of nitrogens with zero attached hydrogens (tertiary/aromatic N) is 2. The van der Waals surface area contributed by atoms with Crippen LogP contribution in [0.15, 0.2) is 0 Å². The topological polar surface area (TPSA) is 43.8 Å². The highest BCUT2D eigenvalue weighted by Gasteiger charge is 2.43. The van der Waals surface area contributed by atoms with Crippen molar-refractivity contribution in [2.75, 3.05) is 13.6 Å². The first-order valence-electron chi connectivity index (χ1n) is 5.85. The fraction of sp³-hybridized carbons (Fsp3) is 0.909. The van der Waals surface area contributed by atoms with Crippen LogP contribution in [0, 0.1) is 0 Å². The maximum Gasteiger partial charge on any atom is 0.320 e. The van der Waals surface area contributed by atoms with Gasteiger partial charge in [0.25, 0.3) is 0 Å². The highest BCUT2D eigenvalue weighted by Crippen LogP contribution is 2.36. The van der Waals surface area contributed by atoms with Crippen LogP contribution in [0.2, 0.25) is 0 Å². The summed E-state index contributed by atoms with van der Waals surface area (Å²) in [5.41, 5.74) is 0. The van der Waals surface area contributed by atoms with E-state index in [2.05, 4.69) is 0 Å². The second-order valence-electron chi connectivity index (χ2n) is 4.71. The first kappa shape index (κ1) is 10.7. The van der Waals surface area contributed by atoms with Gasteiger partial charge in [0.2, 0.25) is 0 Å². The Labute approximate surface area is 90.9 Å². The number of urea groups is 1. The van der Waals surface area contributed by atoms with Crippen molar-refractivity contribution in [1.82, 2.24) is 9.80 Å². The molecule has 2 aliphatic heterocycles. The van der Waals surface area contributed by atoms with Gasteiger partial charge in [-0.1, -0.05) is 0 Å². The van der Waals surface area contributed by atoms with E-state index in [4.69, 9.17) is 0 Å². The Morgan fingerprint density at radius 3 is 2.40 bits per heavy atom. The summed E-state index contributed by atoms with van der Waals surface area (Å²) < 4.78 is 0. The normalized spacial score (nSPS) is 34.3. The van der Waals surface area contributed by atoms with Crippen LogP contribution in [0.4, 0.5) is 4.79 Å². The molecule has 86 valence electrons. The summed E-state index contributed by atoms with van der Waals surface area (Å²) in [6.07, 6.45) is 3.45. The van der Waals surface area contributed by atoms with Crippen LogP contribution in [0.5, 0.6) is 0 Å². The van der Waals surface area contributed by atoms with Crippen molar-refractivity contribution in [3.8, 4) is 0 Å². The van der Waals surface area contributed by atoms with Crippen molar-refractivity contribution in [2.45, 2.75) is 50.8 Å². The molecule has 1 N–H and O–H groups in total. The molecule has 2 unspecified atom stereocenters. The Bertz CT molecular complexity index is 243. The van der Waals surface area contributed by atoms with Gasteiger partial charge in [-0.2, -0.15) is 0 Å². The molecule has 0 spiro atoms. The molecule has 0 aromatic heterocycles. The second kappa shape index (κ2) is 4.00. The average Bonchev–Trinajstić information content (AvgIpc) is 2.49. The van der Waals surface area contributed by atoms with E-state index in [9.17, 15) is 9.90 Å². The molecule has 0 radical (unpaired) electrons. The van der Waals surface area contributed by atoms with Gasteiger partial charge in [-0.15, -0.1) is 0 Å². The van der Waals surface area contributed by atoms with Gasteiger partial charge in [0.05, 0.1) is 6.10 Å². The van der Waals surface area contributed by atoms with Crippen LogP contribution in [-0.2, 0) is 0 Å². The molecule has 0 aliphatic carbocycles. The molecular formula is C11H20N2O2. The Morgan fingerprint density at radius 1 is 1.40 bits per heavy atom. The third-order valence-corrected chi connectivity index (χ3v) is 3.73. The molecule has 0 aromatic carbocycles. The van der Waals surface area contributed by atoms with Gasteiger partial charge in [0, 0.05) is 25.7 Å². The molecule has 2 fully saturated rings. The number of amides is 2. The number of carbonyl (C=O) groups is 1. The first-order chi connectivity index (χ1) is 7.13. The van der Waals surface area contributed by atoms with E-state index in [1.807, 2.05) is 18.9 Å². The van der Waals surface area contributed by atoms with Crippen LogP contribution in [0.1, 0.15) is 32.6 Å². The summed E-state index contributed by atoms with van der Waals surface area (Å²) >= 11 is 0. The summed E-state index contributed by atoms with van der Waals surface area (Å²) in [4.78, 5) is 15.8. The number of aliphatic hydroxyl groups excluding tert-OH is 1. The van der Waals surface area contributed by atoms with Gasteiger partial charge >= 0.3 is 6.03 Å². The third-order valence-electron chi connectivity index (χ3n) is 3.73. The predicted octanol–water partition coefficient (Wildman–Crippen LogP) is 1.05. The maximum absolute atomic E-state index is 12.1. The minimum atomic E-state index is -0.196. The van der Waals surface area contributed by atoms with Crippen LogP contribution in [-0.4, -0.2) is 52.7 Å². The highest BCUT2D eigenvalue weighted by atomic mass is 16.3. The molecule has 2 heterocycles. The zero-order valence-electron chi connectivity index (χ0n) is 9.52. The van der Waals surface area contributed by atoms with Crippen LogP contribution in [0.3, 0.4) is 0 Å². The lowest BCUT2D eigenvalue weighted by atomic mass is 10.0. The Kier molecular flexibility index (Phi) is 2.87. The number of hydrogen-bond acceptors (Lipinski definition) is 2. The van der Waals surface area contributed by atoms with Gasteiger partial charge in [-0.3, -0.25) is 0 Å². The van der Waals surface area contributed by atoms with E-state index in [1.165, 1.54) is 0 Å². The number of hydrogen-bond donors (Lipinski definition) is 1. The van der Waals surface area contributed by atoms with E-state index in [1.54, 1.807) is 4.90 Å². The van der Waals surface area contributed by atoms with E-state index in [-0.39, 0.29) is 24.2 Å². The molecule has 2 bridgehead atoms. The summed E-state index contributed by atoms with van der Waals surface area (Å²) in [7, 11) is 1.84. The first-order valence-corrected chi connectivity index (χ1v) is 5.85. The standard InChI is InChI=1S/C11H20N2O2/c1-3-12(2)11(15)13-8-4-5-9(13)7-10(14)6-8/h8-10,14H,3-7H2,1-2H3. The van der Waals surface area contributed by atoms with Crippen molar-refractivity contribution in [2.24, 2.45) is 0 Å². The minimum absolute atomic E-state index is 0.136. The third kappa shape index (κ3) is 1.83. The molecule has 2 atom stereocenters. The summed E-state index contributed by atoms with van der Waals surface area (Å²) in [6.45, 7) is 2.73. The average molecular weight is 212 g/mol. The molecule has 0 aromatic rings. The fourth-order valence-electron chi connectivity index (χ4n) is 2.79. The molecule has 2 rings (SSSR count). The van der Waals surface area contributed by atoms with Crippen LogP contribution in [0.25, 0.3) is 0 Å². The Balaban J connectivity index is 2.08. The summed E-state index contributed by atoms with van der Waals surface area (Å²) in [6, 6.07) is 0.692. The van der Waals surface area contributed by atoms with Gasteiger partial charge in [-0.05, 0) is 32.6 Å². The van der Waals surface area contributed by atoms with Crippen molar-refractivity contribution in [1.29, 1.82) is 0 Å². The smallest absolute Gasteiger partial charge is 0.320 e. The molecule has 2 amide bonds. The molecule has 2 saturated heterocycles. The Morgan fingerprint density at radius 2 is 1.93 bits per heavy atom. The highest BCUT2D eigenvalue weighted by molar-refractivity contribution is 5.75. The number of piperidine rings is 1. The predicted molar refractivity (Wildman–Crippen MR) is 57.6 cm³/mol. The largest absolute Gasteiger partial charge is 0.393 e.